The maximum Gasteiger partial charge on any atom is 0.305 e. The zero-order chi connectivity index (χ0) is 12.5. The van der Waals surface area contributed by atoms with Crippen LogP contribution in [0.1, 0.15) is 19.8 Å². The Morgan fingerprint density at radius 2 is 2.18 bits per heavy atom. The van der Waals surface area contributed by atoms with Crippen LogP contribution in [0.4, 0.5) is 0 Å². The molecule has 1 fully saturated rings. The maximum absolute atomic E-state index is 11.1. The standard InChI is InChI=1S/C11H21N3O2S/c1-2-16-10(15)4-3-5-13-11(12)14-6-8-17-9-7-14/h2-9H2,1H3,(H2,12,13). The van der Waals surface area contributed by atoms with Gasteiger partial charge >= 0.3 is 5.97 Å². The average Bonchev–Trinajstić information content (AvgIpc) is 2.36. The van der Waals surface area contributed by atoms with Gasteiger partial charge in [-0.25, -0.2) is 0 Å². The number of hydrogen-bond donors (Lipinski definition) is 1. The fraction of sp³-hybridized carbons (Fsp3) is 0.818. The SMILES string of the molecule is CCOC(=O)CCCN=C(N)N1CCSCC1. The molecule has 0 bridgehead atoms. The van der Waals surface area contributed by atoms with Crippen LogP contribution in [0.25, 0.3) is 0 Å². The number of carbonyl (C=O) groups is 1. The van der Waals surface area contributed by atoms with E-state index in [0.29, 0.717) is 32.0 Å². The van der Waals surface area contributed by atoms with Crippen molar-refractivity contribution in [3.05, 3.63) is 0 Å². The molecule has 98 valence electrons. The van der Waals surface area contributed by atoms with Crippen molar-refractivity contribution in [1.82, 2.24) is 4.90 Å². The second-order valence-corrected chi connectivity index (χ2v) is 4.97. The Morgan fingerprint density at radius 1 is 1.47 bits per heavy atom. The second-order valence-electron chi connectivity index (χ2n) is 3.75. The summed E-state index contributed by atoms with van der Waals surface area (Å²) >= 11 is 1.94. The van der Waals surface area contributed by atoms with Crippen LogP contribution >= 0.6 is 11.8 Å². The van der Waals surface area contributed by atoms with E-state index in [-0.39, 0.29) is 5.97 Å². The van der Waals surface area contributed by atoms with Crippen LogP contribution in [0.3, 0.4) is 0 Å². The second kappa shape index (κ2) is 8.22. The fourth-order valence-corrected chi connectivity index (χ4v) is 2.45. The van der Waals surface area contributed by atoms with Crippen molar-refractivity contribution < 1.29 is 9.53 Å². The molecule has 2 N–H and O–H groups in total. The fourth-order valence-electron chi connectivity index (χ4n) is 1.54. The molecule has 0 saturated carbocycles. The van der Waals surface area contributed by atoms with Gasteiger partial charge in [0.25, 0.3) is 0 Å². The van der Waals surface area contributed by atoms with Gasteiger partial charge < -0.3 is 15.4 Å². The molecule has 17 heavy (non-hydrogen) atoms. The van der Waals surface area contributed by atoms with E-state index >= 15 is 0 Å². The van der Waals surface area contributed by atoms with E-state index in [1.54, 1.807) is 0 Å². The summed E-state index contributed by atoms with van der Waals surface area (Å²) in [5.41, 5.74) is 5.87. The summed E-state index contributed by atoms with van der Waals surface area (Å²) in [5, 5.41) is 0. The van der Waals surface area contributed by atoms with Crippen molar-refractivity contribution in [2.45, 2.75) is 19.8 Å². The number of guanidine groups is 1. The van der Waals surface area contributed by atoms with Gasteiger partial charge in [-0.15, -0.1) is 0 Å². The lowest BCUT2D eigenvalue weighted by Crippen LogP contribution is -2.42. The highest BCUT2D eigenvalue weighted by molar-refractivity contribution is 7.99. The van der Waals surface area contributed by atoms with E-state index < -0.39 is 0 Å². The van der Waals surface area contributed by atoms with E-state index in [0.717, 1.165) is 24.6 Å². The molecular formula is C11H21N3O2S. The molecule has 1 aliphatic heterocycles. The van der Waals surface area contributed by atoms with Gasteiger partial charge in [-0.05, 0) is 13.3 Å². The van der Waals surface area contributed by atoms with Crippen molar-refractivity contribution in [1.29, 1.82) is 0 Å². The van der Waals surface area contributed by atoms with Crippen LogP contribution in [0, 0.1) is 0 Å². The lowest BCUT2D eigenvalue weighted by Gasteiger charge is -2.27. The zero-order valence-corrected chi connectivity index (χ0v) is 11.2. The smallest absolute Gasteiger partial charge is 0.305 e. The predicted octanol–water partition coefficient (Wildman–Crippen LogP) is 0.693. The summed E-state index contributed by atoms with van der Waals surface area (Å²) in [7, 11) is 0. The molecule has 0 amide bonds. The van der Waals surface area contributed by atoms with Crippen molar-refractivity contribution in [2.24, 2.45) is 10.7 Å². The highest BCUT2D eigenvalue weighted by Crippen LogP contribution is 2.08. The number of thioether (sulfide) groups is 1. The molecule has 1 saturated heterocycles. The average molecular weight is 259 g/mol. The Hall–Kier alpha value is -0.910. The molecular weight excluding hydrogens is 238 g/mol. The van der Waals surface area contributed by atoms with Gasteiger partial charge in [-0.2, -0.15) is 11.8 Å². The molecule has 1 aliphatic rings. The Bertz CT molecular complexity index is 265. The number of ether oxygens (including phenoxy) is 1. The molecule has 0 spiro atoms. The quantitative estimate of drug-likeness (QED) is 0.340. The molecule has 5 nitrogen and oxygen atoms in total. The summed E-state index contributed by atoms with van der Waals surface area (Å²) in [5.74, 6) is 2.67. The van der Waals surface area contributed by atoms with Gasteiger partial charge in [0.15, 0.2) is 5.96 Å². The minimum Gasteiger partial charge on any atom is -0.466 e. The molecule has 0 atom stereocenters. The largest absolute Gasteiger partial charge is 0.466 e. The molecule has 0 aromatic heterocycles. The molecule has 0 aromatic rings. The topological polar surface area (TPSA) is 67.9 Å². The van der Waals surface area contributed by atoms with Crippen molar-refractivity contribution in [2.75, 3.05) is 37.7 Å². The summed E-state index contributed by atoms with van der Waals surface area (Å²) < 4.78 is 4.83. The number of nitrogens with zero attached hydrogens (tertiary/aromatic N) is 2. The number of carbonyl (C=O) groups excluding carboxylic acids is 1. The van der Waals surface area contributed by atoms with Gasteiger partial charge in [-0.3, -0.25) is 9.79 Å². The third-order valence-corrected chi connectivity index (χ3v) is 3.40. The first-order valence-electron chi connectivity index (χ1n) is 6.02. The van der Waals surface area contributed by atoms with Gasteiger partial charge in [-0.1, -0.05) is 0 Å². The minimum atomic E-state index is -0.157. The lowest BCUT2D eigenvalue weighted by molar-refractivity contribution is -0.143. The van der Waals surface area contributed by atoms with Crippen LogP contribution in [0.5, 0.6) is 0 Å². The highest BCUT2D eigenvalue weighted by atomic mass is 32.2. The molecule has 0 unspecified atom stereocenters. The van der Waals surface area contributed by atoms with Crippen LogP contribution in [0.2, 0.25) is 0 Å². The summed E-state index contributed by atoms with van der Waals surface area (Å²) in [6.45, 7) is 4.78. The Labute approximate surface area is 107 Å². The molecule has 1 rings (SSSR count). The van der Waals surface area contributed by atoms with E-state index in [2.05, 4.69) is 9.89 Å². The normalized spacial score (nSPS) is 17.0. The number of rotatable bonds is 5. The molecule has 1 heterocycles. The van der Waals surface area contributed by atoms with E-state index in [4.69, 9.17) is 10.5 Å². The minimum absolute atomic E-state index is 0.157. The monoisotopic (exact) mass is 259 g/mol. The summed E-state index contributed by atoms with van der Waals surface area (Å²) in [6.07, 6.45) is 1.11. The zero-order valence-electron chi connectivity index (χ0n) is 10.4. The molecule has 0 radical (unpaired) electrons. The summed E-state index contributed by atoms with van der Waals surface area (Å²) in [4.78, 5) is 17.5. The van der Waals surface area contributed by atoms with Gasteiger partial charge in [0.2, 0.25) is 0 Å². The van der Waals surface area contributed by atoms with Crippen LogP contribution < -0.4 is 5.73 Å². The summed E-state index contributed by atoms with van der Waals surface area (Å²) in [6, 6.07) is 0. The Balaban J connectivity index is 2.16. The van der Waals surface area contributed by atoms with Crippen molar-refractivity contribution in [3.63, 3.8) is 0 Å². The first-order valence-corrected chi connectivity index (χ1v) is 7.17. The number of aliphatic imine (C=N–C) groups is 1. The van der Waals surface area contributed by atoms with E-state index in [9.17, 15) is 4.79 Å². The predicted molar refractivity (Wildman–Crippen MR) is 71.3 cm³/mol. The number of esters is 1. The van der Waals surface area contributed by atoms with Gasteiger partial charge in [0.1, 0.15) is 0 Å². The van der Waals surface area contributed by atoms with Crippen molar-refractivity contribution >= 4 is 23.7 Å². The molecule has 0 aliphatic carbocycles. The first kappa shape index (κ1) is 14.2. The van der Waals surface area contributed by atoms with E-state index in [1.165, 1.54) is 0 Å². The van der Waals surface area contributed by atoms with Crippen LogP contribution in [-0.4, -0.2) is 54.6 Å². The third kappa shape index (κ3) is 5.81. The Morgan fingerprint density at radius 3 is 2.82 bits per heavy atom. The number of nitrogens with two attached hydrogens (primary N) is 1. The first-order chi connectivity index (χ1) is 8.24. The Kier molecular flexibility index (Phi) is 6.84. The van der Waals surface area contributed by atoms with E-state index in [1.807, 2.05) is 18.7 Å². The maximum atomic E-state index is 11.1. The van der Waals surface area contributed by atoms with Crippen LogP contribution in [0.15, 0.2) is 4.99 Å². The van der Waals surface area contributed by atoms with Crippen molar-refractivity contribution in [3.8, 4) is 0 Å². The van der Waals surface area contributed by atoms with Crippen LogP contribution in [-0.2, 0) is 9.53 Å². The number of hydrogen-bond acceptors (Lipinski definition) is 4. The highest BCUT2D eigenvalue weighted by Gasteiger charge is 2.11. The third-order valence-electron chi connectivity index (χ3n) is 2.45. The lowest BCUT2D eigenvalue weighted by atomic mass is 10.3. The molecule has 6 heteroatoms. The van der Waals surface area contributed by atoms with Gasteiger partial charge in [0.05, 0.1) is 6.61 Å². The van der Waals surface area contributed by atoms with Gasteiger partial charge in [0, 0.05) is 37.6 Å². The molecule has 0 aromatic carbocycles.